The number of hydrogen-bond acceptors (Lipinski definition) is 2. The minimum atomic E-state index is -0.116. The molecule has 0 aromatic heterocycles. The second-order valence-corrected chi connectivity index (χ2v) is 4.85. The zero-order chi connectivity index (χ0) is 13.5. The van der Waals surface area contributed by atoms with Gasteiger partial charge in [0.25, 0.3) is 0 Å². The first-order valence-corrected chi connectivity index (χ1v) is 6.75. The summed E-state index contributed by atoms with van der Waals surface area (Å²) in [6, 6.07) is 5.59. The minimum absolute atomic E-state index is 0.116. The Balaban J connectivity index is 2.63. The van der Waals surface area contributed by atoms with Gasteiger partial charge in [0.15, 0.2) is 0 Å². The quantitative estimate of drug-likeness (QED) is 0.814. The van der Waals surface area contributed by atoms with Crippen molar-refractivity contribution in [2.75, 3.05) is 17.2 Å². The Hall–Kier alpha value is -1.22. The van der Waals surface area contributed by atoms with E-state index in [9.17, 15) is 4.79 Å². The Labute approximate surface area is 114 Å². The van der Waals surface area contributed by atoms with E-state index in [1.165, 1.54) is 19.8 Å². The summed E-state index contributed by atoms with van der Waals surface area (Å²) >= 11 is 6.10. The van der Waals surface area contributed by atoms with Gasteiger partial charge in [-0.3, -0.25) is 4.79 Å². The van der Waals surface area contributed by atoms with Crippen LogP contribution in [0.3, 0.4) is 0 Å². The van der Waals surface area contributed by atoms with E-state index in [1.54, 1.807) is 0 Å². The van der Waals surface area contributed by atoms with Crippen LogP contribution in [0.2, 0.25) is 5.02 Å². The second kappa shape index (κ2) is 7.27. The molecule has 1 amide bonds. The molecule has 0 radical (unpaired) electrons. The van der Waals surface area contributed by atoms with E-state index in [0.717, 1.165) is 12.2 Å². The van der Waals surface area contributed by atoms with Crippen LogP contribution in [-0.2, 0) is 4.79 Å². The molecule has 0 fully saturated rings. The molecular weight excluding hydrogens is 248 g/mol. The van der Waals surface area contributed by atoms with E-state index in [1.807, 2.05) is 18.2 Å². The molecule has 100 valence electrons. The van der Waals surface area contributed by atoms with Crippen molar-refractivity contribution in [2.45, 2.75) is 33.6 Å². The molecule has 1 aromatic carbocycles. The monoisotopic (exact) mass is 268 g/mol. The first-order valence-electron chi connectivity index (χ1n) is 6.37. The average Bonchev–Trinajstić information content (AvgIpc) is 2.33. The third-order valence-corrected chi connectivity index (χ3v) is 3.34. The van der Waals surface area contributed by atoms with Crippen LogP contribution >= 0.6 is 11.6 Å². The van der Waals surface area contributed by atoms with Crippen LogP contribution in [-0.4, -0.2) is 12.5 Å². The van der Waals surface area contributed by atoms with Gasteiger partial charge in [0.2, 0.25) is 5.91 Å². The fraction of sp³-hybridized carbons (Fsp3) is 0.500. The number of benzene rings is 1. The molecule has 0 unspecified atom stereocenters. The van der Waals surface area contributed by atoms with E-state index in [4.69, 9.17) is 11.6 Å². The zero-order valence-electron chi connectivity index (χ0n) is 11.2. The summed E-state index contributed by atoms with van der Waals surface area (Å²) in [7, 11) is 0. The van der Waals surface area contributed by atoms with Gasteiger partial charge in [-0.05, 0) is 24.1 Å². The summed E-state index contributed by atoms with van der Waals surface area (Å²) in [6.07, 6.45) is 2.34. The Morgan fingerprint density at radius 1 is 1.33 bits per heavy atom. The van der Waals surface area contributed by atoms with Crippen LogP contribution in [0, 0.1) is 5.92 Å². The Bertz CT molecular complexity index is 403. The maximum absolute atomic E-state index is 11.0. The lowest BCUT2D eigenvalue weighted by Crippen LogP contribution is -2.13. The number of nitrogens with one attached hydrogen (secondary N) is 2. The van der Waals surface area contributed by atoms with Gasteiger partial charge in [0.05, 0.1) is 10.7 Å². The summed E-state index contributed by atoms with van der Waals surface area (Å²) in [5.41, 5.74) is 1.64. The smallest absolute Gasteiger partial charge is 0.221 e. The van der Waals surface area contributed by atoms with Crippen LogP contribution in [0.1, 0.15) is 33.6 Å². The maximum Gasteiger partial charge on any atom is 0.221 e. The first kappa shape index (κ1) is 14.8. The van der Waals surface area contributed by atoms with Crippen molar-refractivity contribution in [1.29, 1.82) is 0 Å². The van der Waals surface area contributed by atoms with Gasteiger partial charge >= 0.3 is 0 Å². The molecule has 0 saturated carbocycles. The van der Waals surface area contributed by atoms with Crippen LogP contribution in [0.15, 0.2) is 18.2 Å². The number of hydrogen-bond donors (Lipinski definition) is 2. The summed E-state index contributed by atoms with van der Waals surface area (Å²) in [6.45, 7) is 6.81. The topological polar surface area (TPSA) is 41.1 Å². The van der Waals surface area contributed by atoms with Gasteiger partial charge in [-0.1, -0.05) is 38.3 Å². The molecule has 0 atom stereocenters. The van der Waals surface area contributed by atoms with E-state index in [2.05, 4.69) is 24.5 Å². The Morgan fingerprint density at radius 2 is 2.00 bits per heavy atom. The van der Waals surface area contributed by atoms with Crippen molar-refractivity contribution < 1.29 is 4.79 Å². The summed E-state index contributed by atoms with van der Waals surface area (Å²) in [4.78, 5) is 11.0. The van der Waals surface area contributed by atoms with Gasteiger partial charge in [-0.25, -0.2) is 0 Å². The van der Waals surface area contributed by atoms with Crippen molar-refractivity contribution >= 4 is 28.9 Å². The van der Waals surface area contributed by atoms with E-state index >= 15 is 0 Å². The number of amides is 1. The van der Waals surface area contributed by atoms with Gasteiger partial charge in [0, 0.05) is 19.2 Å². The molecule has 0 aliphatic rings. The van der Waals surface area contributed by atoms with E-state index in [0.29, 0.717) is 16.6 Å². The van der Waals surface area contributed by atoms with Gasteiger partial charge in [0.1, 0.15) is 0 Å². The molecule has 2 N–H and O–H groups in total. The van der Waals surface area contributed by atoms with Crippen LogP contribution in [0.25, 0.3) is 0 Å². The zero-order valence-corrected chi connectivity index (χ0v) is 12.0. The lowest BCUT2D eigenvalue weighted by Gasteiger charge is -2.15. The van der Waals surface area contributed by atoms with E-state index in [-0.39, 0.29) is 5.91 Å². The average molecular weight is 269 g/mol. The molecule has 4 heteroatoms. The molecule has 1 rings (SSSR count). The summed E-state index contributed by atoms with van der Waals surface area (Å²) < 4.78 is 0. The number of anilines is 2. The highest BCUT2D eigenvalue weighted by Gasteiger charge is 2.05. The molecule has 0 spiro atoms. The lowest BCUT2D eigenvalue weighted by atomic mass is 10.0. The van der Waals surface area contributed by atoms with Gasteiger partial charge < -0.3 is 10.6 Å². The molecule has 0 saturated heterocycles. The van der Waals surface area contributed by atoms with Crippen molar-refractivity contribution in [1.82, 2.24) is 0 Å². The van der Waals surface area contributed by atoms with Crippen LogP contribution < -0.4 is 10.6 Å². The fourth-order valence-corrected chi connectivity index (χ4v) is 1.98. The second-order valence-electron chi connectivity index (χ2n) is 4.44. The molecule has 3 nitrogen and oxygen atoms in total. The first-order chi connectivity index (χ1) is 8.56. The normalized spacial score (nSPS) is 10.5. The molecule has 1 aromatic rings. The number of rotatable bonds is 6. The Morgan fingerprint density at radius 3 is 2.50 bits per heavy atom. The highest BCUT2D eigenvalue weighted by Crippen LogP contribution is 2.25. The molecule has 0 heterocycles. The van der Waals surface area contributed by atoms with Crippen molar-refractivity contribution in [3.63, 3.8) is 0 Å². The molecule has 18 heavy (non-hydrogen) atoms. The summed E-state index contributed by atoms with van der Waals surface area (Å²) in [5.74, 6) is 0.563. The SMILES string of the molecule is CCC(CC)CNc1ccc(NC(C)=O)c(Cl)c1. The predicted molar refractivity (Wildman–Crippen MR) is 78.3 cm³/mol. The van der Waals surface area contributed by atoms with E-state index < -0.39 is 0 Å². The minimum Gasteiger partial charge on any atom is -0.385 e. The summed E-state index contributed by atoms with van der Waals surface area (Å²) in [5, 5.41) is 6.61. The number of carbonyl (C=O) groups is 1. The molecule has 0 aliphatic heterocycles. The van der Waals surface area contributed by atoms with Gasteiger partial charge in [-0.15, -0.1) is 0 Å². The van der Waals surface area contributed by atoms with Crippen molar-refractivity contribution in [3.05, 3.63) is 23.2 Å². The number of carbonyl (C=O) groups excluding carboxylic acids is 1. The largest absolute Gasteiger partial charge is 0.385 e. The Kier molecular flexibility index (Phi) is 5.99. The van der Waals surface area contributed by atoms with Gasteiger partial charge in [-0.2, -0.15) is 0 Å². The highest BCUT2D eigenvalue weighted by atomic mass is 35.5. The molecule has 0 aliphatic carbocycles. The van der Waals surface area contributed by atoms with Crippen LogP contribution in [0.4, 0.5) is 11.4 Å². The number of halogens is 1. The fourth-order valence-electron chi connectivity index (χ4n) is 1.76. The molecule has 0 bridgehead atoms. The van der Waals surface area contributed by atoms with Crippen molar-refractivity contribution in [2.24, 2.45) is 5.92 Å². The standard InChI is InChI=1S/C14H21ClN2O/c1-4-11(5-2)9-16-12-6-7-14(13(15)8-12)17-10(3)18/h6-8,11,16H,4-5,9H2,1-3H3,(H,17,18). The third kappa shape index (κ3) is 4.57. The van der Waals surface area contributed by atoms with Crippen molar-refractivity contribution in [3.8, 4) is 0 Å². The molecular formula is C14H21ClN2O. The highest BCUT2D eigenvalue weighted by molar-refractivity contribution is 6.34. The lowest BCUT2D eigenvalue weighted by molar-refractivity contribution is -0.114. The third-order valence-electron chi connectivity index (χ3n) is 3.03. The predicted octanol–water partition coefficient (Wildman–Crippen LogP) is 4.15. The maximum atomic E-state index is 11.0. The van der Waals surface area contributed by atoms with Crippen LogP contribution in [0.5, 0.6) is 0 Å².